The molecule has 1 aliphatic rings. The zero-order valence-corrected chi connectivity index (χ0v) is 19.2. The number of carbonyl (C=O) groups is 2. The van der Waals surface area contributed by atoms with E-state index < -0.39 is 0 Å². The zero-order chi connectivity index (χ0) is 22.4. The molecule has 0 bridgehead atoms. The van der Waals surface area contributed by atoms with Gasteiger partial charge in [0, 0.05) is 36.3 Å². The maximum Gasteiger partial charge on any atom is 0.244 e. The lowest BCUT2D eigenvalue weighted by atomic mass is 10.1. The summed E-state index contributed by atoms with van der Waals surface area (Å²) in [6.45, 7) is 7.19. The minimum atomic E-state index is -0.215. The van der Waals surface area contributed by atoms with Gasteiger partial charge in [-0.1, -0.05) is 50.4 Å². The van der Waals surface area contributed by atoms with E-state index >= 15 is 0 Å². The third-order valence-electron chi connectivity index (χ3n) is 5.44. The fraction of sp³-hybridized carbons (Fsp3) is 0.458. The summed E-state index contributed by atoms with van der Waals surface area (Å²) in [4.78, 5) is 24.6. The summed E-state index contributed by atoms with van der Waals surface area (Å²) in [5.41, 5.74) is 3.23. The van der Waals surface area contributed by atoms with Gasteiger partial charge in [0.2, 0.25) is 11.8 Å². The molecule has 6 nitrogen and oxygen atoms in total. The number of aromatic nitrogens is 2. The van der Waals surface area contributed by atoms with Gasteiger partial charge in [-0.3, -0.25) is 14.3 Å². The number of hydrogen-bond acceptors (Lipinski definition) is 3. The Kier molecular flexibility index (Phi) is 7.91. The number of halogens is 1. The van der Waals surface area contributed by atoms with Crippen molar-refractivity contribution in [1.82, 2.24) is 15.1 Å². The molecular formula is C24H31ClN4O2. The summed E-state index contributed by atoms with van der Waals surface area (Å²) >= 11 is 6.42. The molecule has 0 atom stereocenters. The Bertz CT molecular complexity index is 958. The minimum absolute atomic E-state index is 0.0897. The van der Waals surface area contributed by atoms with Crippen molar-refractivity contribution in [2.45, 2.75) is 59.5 Å². The normalized spacial score (nSPS) is 14.5. The van der Waals surface area contributed by atoms with E-state index in [9.17, 15) is 9.59 Å². The van der Waals surface area contributed by atoms with Crippen LogP contribution in [-0.2, 0) is 22.7 Å². The number of nitrogens with one attached hydrogen (secondary N) is 2. The van der Waals surface area contributed by atoms with Crippen molar-refractivity contribution < 1.29 is 9.59 Å². The van der Waals surface area contributed by atoms with Crippen molar-refractivity contribution in [2.24, 2.45) is 11.8 Å². The highest BCUT2D eigenvalue weighted by molar-refractivity contribution is 6.31. The van der Waals surface area contributed by atoms with Crippen LogP contribution in [0.25, 0.3) is 6.08 Å². The topological polar surface area (TPSA) is 76.0 Å². The van der Waals surface area contributed by atoms with E-state index in [1.807, 2.05) is 31.2 Å². The molecule has 1 aromatic heterocycles. The Morgan fingerprint density at radius 1 is 1.29 bits per heavy atom. The van der Waals surface area contributed by atoms with Gasteiger partial charge in [0.15, 0.2) is 0 Å². The van der Waals surface area contributed by atoms with E-state index in [4.69, 9.17) is 11.6 Å². The number of benzene rings is 1. The molecule has 7 heteroatoms. The lowest BCUT2D eigenvalue weighted by Gasteiger charge is -2.11. The number of carbonyl (C=O) groups excluding carboxylic acids is 2. The lowest BCUT2D eigenvalue weighted by molar-refractivity contribution is -0.119. The lowest BCUT2D eigenvalue weighted by Crippen LogP contribution is -2.21. The maximum atomic E-state index is 12.3. The molecule has 1 saturated carbocycles. The number of nitrogens with zero attached hydrogens (tertiary/aromatic N) is 2. The van der Waals surface area contributed by atoms with E-state index in [-0.39, 0.29) is 17.7 Å². The molecule has 166 valence electrons. The summed E-state index contributed by atoms with van der Waals surface area (Å²) in [5, 5.41) is 10.9. The van der Waals surface area contributed by atoms with Crippen LogP contribution < -0.4 is 10.6 Å². The van der Waals surface area contributed by atoms with Crippen molar-refractivity contribution in [3.8, 4) is 0 Å². The van der Waals surface area contributed by atoms with Crippen molar-refractivity contribution >= 4 is 35.2 Å². The number of rotatable bonds is 8. The van der Waals surface area contributed by atoms with Gasteiger partial charge >= 0.3 is 0 Å². The Hall–Kier alpha value is -2.60. The van der Waals surface area contributed by atoms with Crippen molar-refractivity contribution in [2.75, 3.05) is 5.32 Å². The van der Waals surface area contributed by atoms with E-state index in [1.165, 1.54) is 6.08 Å². The Morgan fingerprint density at radius 2 is 2.03 bits per heavy atom. The highest BCUT2D eigenvalue weighted by atomic mass is 35.5. The second-order valence-corrected chi connectivity index (χ2v) is 8.95. The molecule has 1 heterocycles. The quantitative estimate of drug-likeness (QED) is 0.567. The first-order chi connectivity index (χ1) is 14.8. The monoisotopic (exact) mass is 442 g/mol. The first-order valence-corrected chi connectivity index (χ1v) is 11.3. The second-order valence-electron chi connectivity index (χ2n) is 8.59. The molecule has 31 heavy (non-hydrogen) atoms. The Balaban J connectivity index is 1.55. The van der Waals surface area contributed by atoms with Crippen LogP contribution >= 0.6 is 11.6 Å². The standard InChI is InChI=1S/C24H31ClN4O2/c1-16(2)15-29-23(25)21(17(3)28-29)11-12-22(30)26-14-18-7-6-10-20(13-18)27-24(31)19-8-4-5-9-19/h6-7,10-13,16,19H,4-5,8-9,14-15H2,1-3H3,(H,26,30)(H,27,31). The predicted molar refractivity (Wildman–Crippen MR) is 125 cm³/mol. The highest BCUT2D eigenvalue weighted by Gasteiger charge is 2.22. The summed E-state index contributed by atoms with van der Waals surface area (Å²) in [6.07, 6.45) is 7.36. The zero-order valence-electron chi connectivity index (χ0n) is 18.5. The van der Waals surface area contributed by atoms with Crippen molar-refractivity contribution in [3.63, 3.8) is 0 Å². The van der Waals surface area contributed by atoms with Gasteiger partial charge in [0.05, 0.1) is 5.69 Å². The van der Waals surface area contributed by atoms with Crippen molar-refractivity contribution in [3.05, 3.63) is 52.3 Å². The number of hydrogen-bond donors (Lipinski definition) is 2. The summed E-state index contributed by atoms with van der Waals surface area (Å²) in [7, 11) is 0. The minimum Gasteiger partial charge on any atom is -0.348 e. The number of aryl methyl sites for hydroxylation is 1. The van der Waals surface area contributed by atoms with Gasteiger partial charge in [-0.15, -0.1) is 0 Å². The third kappa shape index (κ3) is 6.44. The third-order valence-corrected chi connectivity index (χ3v) is 5.83. The van der Waals surface area contributed by atoms with Gasteiger partial charge in [0.1, 0.15) is 5.15 Å². The van der Waals surface area contributed by atoms with E-state index in [0.29, 0.717) is 17.6 Å². The molecule has 0 saturated heterocycles. The molecule has 1 aliphatic carbocycles. The molecule has 0 unspecified atom stereocenters. The SMILES string of the molecule is Cc1nn(CC(C)C)c(Cl)c1C=CC(=O)NCc1cccc(NC(=O)C2CCCC2)c1. The molecule has 2 aromatic rings. The van der Waals surface area contributed by atoms with Gasteiger partial charge in [-0.2, -0.15) is 5.10 Å². The summed E-state index contributed by atoms with van der Waals surface area (Å²) in [5.74, 6) is 0.420. The van der Waals surface area contributed by atoms with Gasteiger partial charge < -0.3 is 10.6 Å². The molecule has 0 radical (unpaired) electrons. The van der Waals surface area contributed by atoms with Crippen LogP contribution in [0.2, 0.25) is 5.15 Å². The van der Waals surface area contributed by atoms with Crippen LogP contribution in [-0.4, -0.2) is 21.6 Å². The smallest absolute Gasteiger partial charge is 0.244 e. The van der Waals surface area contributed by atoms with E-state index in [0.717, 1.165) is 54.7 Å². The first kappa shape index (κ1) is 23.1. The van der Waals surface area contributed by atoms with Gasteiger partial charge in [-0.25, -0.2) is 0 Å². The van der Waals surface area contributed by atoms with Crippen LogP contribution in [0, 0.1) is 18.8 Å². The van der Waals surface area contributed by atoms with E-state index in [1.54, 1.807) is 10.8 Å². The molecular weight excluding hydrogens is 412 g/mol. The molecule has 2 N–H and O–H groups in total. The molecule has 2 amide bonds. The fourth-order valence-corrected chi connectivity index (χ4v) is 4.13. The predicted octanol–water partition coefficient (Wildman–Crippen LogP) is 4.96. The van der Waals surface area contributed by atoms with Crippen LogP contribution in [0.5, 0.6) is 0 Å². The summed E-state index contributed by atoms with van der Waals surface area (Å²) < 4.78 is 1.77. The van der Waals surface area contributed by atoms with Crippen LogP contribution in [0.1, 0.15) is 56.4 Å². The molecule has 0 aliphatic heterocycles. The molecule has 1 aromatic carbocycles. The number of amides is 2. The molecule has 1 fully saturated rings. The van der Waals surface area contributed by atoms with Crippen molar-refractivity contribution in [1.29, 1.82) is 0 Å². The Labute approximate surface area is 189 Å². The van der Waals surface area contributed by atoms with Gasteiger partial charge in [-0.05, 0) is 49.5 Å². The summed E-state index contributed by atoms with van der Waals surface area (Å²) in [6, 6.07) is 7.57. The second kappa shape index (κ2) is 10.6. The van der Waals surface area contributed by atoms with Crippen LogP contribution in [0.15, 0.2) is 30.3 Å². The first-order valence-electron chi connectivity index (χ1n) is 10.9. The molecule has 3 rings (SSSR count). The van der Waals surface area contributed by atoms with Crippen LogP contribution in [0.3, 0.4) is 0 Å². The van der Waals surface area contributed by atoms with E-state index in [2.05, 4.69) is 29.6 Å². The van der Waals surface area contributed by atoms with Crippen LogP contribution in [0.4, 0.5) is 5.69 Å². The highest BCUT2D eigenvalue weighted by Crippen LogP contribution is 2.26. The largest absolute Gasteiger partial charge is 0.348 e. The average molecular weight is 443 g/mol. The maximum absolute atomic E-state index is 12.3. The average Bonchev–Trinajstić information content (AvgIpc) is 3.34. The Morgan fingerprint density at radius 3 is 2.74 bits per heavy atom. The fourth-order valence-electron chi connectivity index (χ4n) is 3.82. The van der Waals surface area contributed by atoms with Gasteiger partial charge in [0.25, 0.3) is 0 Å². The number of anilines is 1. The molecule has 0 spiro atoms.